The van der Waals surface area contributed by atoms with E-state index in [-0.39, 0.29) is 6.04 Å². The lowest BCUT2D eigenvalue weighted by Crippen LogP contribution is -2.32. The summed E-state index contributed by atoms with van der Waals surface area (Å²) in [4.78, 5) is 2.48. The third kappa shape index (κ3) is 3.07. The van der Waals surface area contributed by atoms with Gasteiger partial charge in [-0.2, -0.15) is 0 Å². The van der Waals surface area contributed by atoms with Crippen molar-refractivity contribution in [1.29, 1.82) is 0 Å². The van der Waals surface area contributed by atoms with E-state index in [1.165, 1.54) is 12.8 Å². The first-order chi connectivity index (χ1) is 9.73. The molecule has 0 radical (unpaired) electrons. The largest absolute Gasteiger partial charge is 0.497 e. The van der Waals surface area contributed by atoms with Gasteiger partial charge in [0.1, 0.15) is 11.5 Å². The number of ether oxygens (including phenoxy) is 2. The number of nitrogens with zero attached hydrogens (tertiary/aromatic N) is 1. The highest BCUT2D eigenvalue weighted by Crippen LogP contribution is 2.35. The van der Waals surface area contributed by atoms with Crippen molar-refractivity contribution in [1.82, 2.24) is 4.90 Å². The molecule has 20 heavy (non-hydrogen) atoms. The third-order valence-electron chi connectivity index (χ3n) is 4.35. The molecule has 2 atom stereocenters. The molecule has 2 rings (SSSR count). The van der Waals surface area contributed by atoms with Crippen LogP contribution in [0.4, 0.5) is 0 Å². The molecule has 0 spiro atoms. The average molecular weight is 278 g/mol. The fraction of sp³-hybridized carbons (Fsp3) is 0.625. The van der Waals surface area contributed by atoms with Crippen LogP contribution in [-0.4, -0.2) is 38.8 Å². The molecule has 1 aromatic rings. The van der Waals surface area contributed by atoms with Crippen molar-refractivity contribution in [2.24, 2.45) is 11.7 Å². The van der Waals surface area contributed by atoms with Crippen LogP contribution in [0, 0.1) is 5.92 Å². The number of benzene rings is 1. The van der Waals surface area contributed by atoms with Crippen LogP contribution in [0.25, 0.3) is 0 Å². The number of likely N-dealkylation sites (tertiary alicyclic amines) is 1. The first kappa shape index (κ1) is 15.1. The molecule has 1 aromatic carbocycles. The SMILES string of the molecule is CCC1CCN(C(CN)c2cc(OC)ccc2OC)C1. The maximum atomic E-state index is 6.05. The Morgan fingerprint density at radius 2 is 2.15 bits per heavy atom. The standard InChI is InChI=1S/C16H26N2O2/c1-4-12-7-8-18(11-12)15(10-17)14-9-13(19-2)5-6-16(14)20-3/h5-6,9,12,15H,4,7-8,10-11,17H2,1-3H3. The van der Waals surface area contributed by atoms with Crippen LogP contribution in [-0.2, 0) is 0 Å². The molecule has 2 N–H and O–H groups in total. The van der Waals surface area contributed by atoms with Gasteiger partial charge >= 0.3 is 0 Å². The van der Waals surface area contributed by atoms with E-state index in [0.29, 0.717) is 6.54 Å². The van der Waals surface area contributed by atoms with Gasteiger partial charge in [0.05, 0.1) is 20.3 Å². The number of rotatable bonds is 6. The summed E-state index contributed by atoms with van der Waals surface area (Å²) in [5.41, 5.74) is 7.18. The lowest BCUT2D eigenvalue weighted by molar-refractivity contribution is 0.234. The smallest absolute Gasteiger partial charge is 0.123 e. The van der Waals surface area contributed by atoms with Crippen LogP contribution in [0.2, 0.25) is 0 Å². The molecule has 0 aliphatic carbocycles. The molecule has 0 bridgehead atoms. The second-order valence-corrected chi connectivity index (χ2v) is 5.42. The first-order valence-corrected chi connectivity index (χ1v) is 7.39. The normalized spacial score (nSPS) is 20.9. The fourth-order valence-corrected chi connectivity index (χ4v) is 3.05. The van der Waals surface area contributed by atoms with Crippen LogP contribution >= 0.6 is 0 Å². The Balaban J connectivity index is 2.26. The Morgan fingerprint density at radius 3 is 2.70 bits per heavy atom. The molecule has 1 saturated heterocycles. The van der Waals surface area contributed by atoms with Crippen LogP contribution in [0.15, 0.2) is 18.2 Å². The molecular formula is C16H26N2O2. The van der Waals surface area contributed by atoms with Gasteiger partial charge in [-0.05, 0) is 37.1 Å². The van der Waals surface area contributed by atoms with E-state index in [2.05, 4.69) is 17.9 Å². The number of hydrogen-bond acceptors (Lipinski definition) is 4. The Bertz CT molecular complexity index is 436. The molecule has 4 heteroatoms. The highest BCUT2D eigenvalue weighted by atomic mass is 16.5. The summed E-state index contributed by atoms with van der Waals surface area (Å²) in [6.45, 7) is 5.09. The van der Waals surface area contributed by atoms with Gasteiger partial charge in [0.25, 0.3) is 0 Å². The Morgan fingerprint density at radius 1 is 1.35 bits per heavy atom. The summed E-state index contributed by atoms with van der Waals surface area (Å²) in [6.07, 6.45) is 2.50. The molecule has 0 aromatic heterocycles. The summed E-state index contributed by atoms with van der Waals surface area (Å²) in [7, 11) is 3.39. The van der Waals surface area contributed by atoms with Gasteiger partial charge in [0.15, 0.2) is 0 Å². The van der Waals surface area contributed by atoms with Crippen molar-refractivity contribution < 1.29 is 9.47 Å². The average Bonchev–Trinajstić information content (AvgIpc) is 2.96. The van der Waals surface area contributed by atoms with Crippen molar-refractivity contribution in [2.75, 3.05) is 33.9 Å². The highest BCUT2D eigenvalue weighted by Gasteiger charge is 2.29. The lowest BCUT2D eigenvalue weighted by atomic mass is 10.0. The molecule has 4 nitrogen and oxygen atoms in total. The Hall–Kier alpha value is -1.26. The maximum absolute atomic E-state index is 6.05. The Kier molecular flexibility index (Phi) is 5.26. The van der Waals surface area contributed by atoms with Gasteiger partial charge in [0.2, 0.25) is 0 Å². The van der Waals surface area contributed by atoms with Gasteiger partial charge < -0.3 is 15.2 Å². The van der Waals surface area contributed by atoms with Gasteiger partial charge in [0, 0.05) is 18.7 Å². The first-order valence-electron chi connectivity index (χ1n) is 7.39. The van der Waals surface area contributed by atoms with E-state index in [0.717, 1.165) is 36.1 Å². The van der Waals surface area contributed by atoms with Crippen molar-refractivity contribution in [3.8, 4) is 11.5 Å². The van der Waals surface area contributed by atoms with Crippen molar-refractivity contribution in [3.63, 3.8) is 0 Å². The van der Waals surface area contributed by atoms with Crippen molar-refractivity contribution in [3.05, 3.63) is 23.8 Å². The van der Waals surface area contributed by atoms with Crippen LogP contribution in [0.5, 0.6) is 11.5 Å². The summed E-state index contributed by atoms with van der Waals surface area (Å²) < 4.78 is 10.8. The highest BCUT2D eigenvalue weighted by molar-refractivity contribution is 5.42. The molecule has 2 unspecified atom stereocenters. The minimum atomic E-state index is 0.205. The molecule has 0 saturated carbocycles. The van der Waals surface area contributed by atoms with Gasteiger partial charge in [-0.25, -0.2) is 0 Å². The van der Waals surface area contributed by atoms with Gasteiger partial charge in [-0.1, -0.05) is 13.3 Å². The zero-order chi connectivity index (χ0) is 14.5. The molecule has 112 valence electrons. The lowest BCUT2D eigenvalue weighted by Gasteiger charge is -2.28. The number of methoxy groups -OCH3 is 2. The molecule has 1 fully saturated rings. The van der Waals surface area contributed by atoms with Crippen LogP contribution in [0.1, 0.15) is 31.4 Å². The zero-order valence-corrected chi connectivity index (χ0v) is 12.8. The summed E-state index contributed by atoms with van der Waals surface area (Å²) >= 11 is 0. The minimum Gasteiger partial charge on any atom is -0.497 e. The second-order valence-electron chi connectivity index (χ2n) is 5.42. The van der Waals surface area contributed by atoms with E-state index in [4.69, 9.17) is 15.2 Å². The molecule has 0 amide bonds. The number of nitrogens with two attached hydrogens (primary N) is 1. The summed E-state index contributed by atoms with van der Waals surface area (Å²) in [6, 6.07) is 6.14. The quantitative estimate of drug-likeness (QED) is 0.868. The predicted octanol–water partition coefficient (Wildman–Crippen LogP) is 2.44. The van der Waals surface area contributed by atoms with E-state index >= 15 is 0 Å². The Labute approximate surface area is 121 Å². The zero-order valence-electron chi connectivity index (χ0n) is 12.8. The van der Waals surface area contributed by atoms with E-state index in [9.17, 15) is 0 Å². The van der Waals surface area contributed by atoms with Gasteiger partial charge in [-0.3, -0.25) is 4.90 Å². The van der Waals surface area contributed by atoms with E-state index < -0.39 is 0 Å². The maximum Gasteiger partial charge on any atom is 0.123 e. The summed E-state index contributed by atoms with van der Waals surface area (Å²) in [5, 5.41) is 0. The van der Waals surface area contributed by atoms with Crippen LogP contribution in [0.3, 0.4) is 0 Å². The molecule has 1 aliphatic heterocycles. The minimum absolute atomic E-state index is 0.205. The topological polar surface area (TPSA) is 47.7 Å². The van der Waals surface area contributed by atoms with Crippen molar-refractivity contribution in [2.45, 2.75) is 25.8 Å². The molecular weight excluding hydrogens is 252 g/mol. The second kappa shape index (κ2) is 6.95. The van der Waals surface area contributed by atoms with Crippen molar-refractivity contribution >= 4 is 0 Å². The van der Waals surface area contributed by atoms with Gasteiger partial charge in [-0.15, -0.1) is 0 Å². The monoisotopic (exact) mass is 278 g/mol. The van der Waals surface area contributed by atoms with E-state index in [1.54, 1.807) is 14.2 Å². The molecule has 1 aliphatic rings. The predicted molar refractivity (Wildman–Crippen MR) is 81.3 cm³/mol. The van der Waals surface area contributed by atoms with Crippen LogP contribution < -0.4 is 15.2 Å². The molecule has 1 heterocycles. The van der Waals surface area contributed by atoms with E-state index in [1.807, 2.05) is 12.1 Å². The third-order valence-corrected chi connectivity index (χ3v) is 4.35. The summed E-state index contributed by atoms with van der Waals surface area (Å²) in [5.74, 6) is 2.53. The fourth-order valence-electron chi connectivity index (χ4n) is 3.05. The number of hydrogen-bond donors (Lipinski definition) is 1.